The first-order chi connectivity index (χ1) is 16.5. The molecule has 34 heavy (non-hydrogen) atoms. The number of rotatable bonds is 10. The summed E-state index contributed by atoms with van der Waals surface area (Å²) in [5, 5.41) is 7.30. The summed E-state index contributed by atoms with van der Waals surface area (Å²) in [7, 11) is 0. The number of carbonyl (C=O) groups is 2. The average Bonchev–Trinajstić information content (AvgIpc) is 3.53. The van der Waals surface area contributed by atoms with Gasteiger partial charge in [-0.15, -0.1) is 11.3 Å². The Morgan fingerprint density at radius 2 is 1.97 bits per heavy atom. The number of fused-ring (bicyclic) bond motifs is 1. The minimum Gasteiger partial charge on any atom is -0.467 e. The zero-order valence-electron chi connectivity index (χ0n) is 18.9. The van der Waals surface area contributed by atoms with Crippen molar-refractivity contribution in [3.8, 4) is 0 Å². The molecule has 0 aromatic carbocycles. The second-order valence-electron chi connectivity index (χ2n) is 8.27. The standard InChI is InChI=1S/C24H28N4O5S/c29-20(26-15-18-7-4-13-33-18)9-12-27-23(31)22-19(10-14-34-22)28(24(27)32)16-21(30)25-11-8-17-5-2-1-3-6-17/h4-5,7,10,13-14H,1-3,6,8-9,11-12,15-16H2,(H,25,30)(H,26,29). The van der Waals surface area contributed by atoms with Gasteiger partial charge in [-0.05, 0) is 55.7 Å². The van der Waals surface area contributed by atoms with Gasteiger partial charge in [0.2, 0.25) is 11.8 Å². The van der Waals surface area contributed by atoms with Crippen molar-refractivity contribution in [1.82, 2.24) is 19.8 Å². The van der Waals surface area contributed by atoms with Gasteiger partial charge in [0.15, 0.2) is 0 Å². The molecule has 3 heterocycles. The largest absolute Gasteiger partial charge is 0.467 e. The van der Waals surface area contributed by atoms with Gasteiger partial charge < -0.3 is 15.1 Å². The van der Waals surface area contributed by atoms with Crippen molar-refractivity contribution >= 4 is 33.4 Å². The van der Waals surface area contributed by atoms with Crippen LogP contribution in [0.1, 0.15) is 44.3 Å². The number of thiophene rings is 1. The highest BCUT2D eigenvalue weighted by molar-refractivity contribution is 7.17. The molecular formula is C24H28N4O5S. The second kappa shape index (κ2) is 11.1. The van der Waals surface area contributed by atoms with Crippen molar-refractivity contribution in [3.05, 3.63) is 68.1 Å². The summed E-state index contributed by atoms with van der Waals surface area (Å²) in [4.78, 5) is 50.8. The summed E-state index contributed by atoms with van der Waals surface area (Å²) in [5.41, 5.74) is 0.751. The molecule has 0 radical (unpaired) electrons. The Morgan fingerprint density at radius 3 is 2.74 bits per heavy atom. The topological polar surface area (TPSA) is 115 Å². The quantitative estimate of drug-likeness (QED) is 0.429. The smallest absolute Gasteiger partial charge is 0.332 e. The summed E-state index contributed by atoms with van der Waals surface area (Å²) in [6.45, 7) is 0.481. The van der Waals surface area contributed by atoms with Crippen LogP contribution in [-0.4, -0.2) is 27.5 Å². The number of amides is 2. The molecule has 0 spiro atoms. The molecule has 1 aliphatic rings. The lowest BCUT2D eigenvalue weighted by molar-refractivity contribution is -0.122. The third kappa shape index (κ3) is 5.74. The lowest BCUT2D eigenvalue weighted by Gasteiger charge is -2.14. The van der Waals surface area contributed by atoms with Crippen LogP contribution in [-0.2, 0) is 29.2 Å². The average molecular weight is 485 g/mol. The van der Waals surface area contributed by atoms with Crippen molar-refractivity contribution < 1.29 is 14.0 Å². The van der Waals surface area contributed by atoms with Crippen LogP contribution in [0.3, 0.4) is 0 Å². The third-order valence-electron chi connectivity index (χ3n) is 5.89. The van der Waals surface area contributed by atoms with E-state index in [1.165, 1.54) is 40.6 Å². The van der Waals surface area contributed by atoms with Crippen molar-refractivity contribution in [2.45, 2.75) is 58.2 Å². The van der Waals surface area contributed by atoms with E-state index < -0.39 is 11.2 Å². The predicted octanol–water partition coefficient (Wildman–Crippen LogP) is 2.53. The second-order valence-corrected chi connectivity index (χ2v) is 9.19. The van der Waals surface area contributed by atoms with E-state index in [2.05, 4.69) is 16.7 Å². The van der Waals surface area contributed by atoms with Gasteiger partial charge in [0.1, 0.15) is 17.0 Å². The first-order valence-electron chi connectivity index (χ1n) is 11.5. The molecule has 0 atom stereocenters. The summed E-state index contributed by atoms with van der Waals surface area (Å²) in [6.07, 6.45) is 9.10. The number of hydrogen-bond donors (Lipinski definition) is 2. The molecule has 3 aromatic rings. The zero-order valence-corrected chi connectivity index (χ0v) is 19.7. The van der Waals surface area contributed by atoms with E-state index in [4.69, 9.17) is 4.42 Å². The van der Waals surface area contributed by atoms with Crippen LogP contribution in [0, 0.1) is 0 Å². The molecule has 10 heteroatoms. The van der Waals surface area contributed by atoms with E-state index in [0.29, 0.717) is 22.5 Å². The van der Waals surface area contributed by atoms with Gasteiger partial charge >= 0.3 is 5.69 Å². The van der Waals surface area contributed by atoms with Crippen LogP contribution >= 0.6 is 11.3 Å². The van der Waals surface area contributed by atoms with Crippen molar-refractivity contribution in [1.29, 1.82) is 0 Å². The van der Waals surface area contributed by atoms with E-state index in [0.717, 1.165) is 23.8 Å². The predicted molar refractivity (Wildman–Crippen MR) is 130 cm³/mol. The summed E-state index contributed by atoms with van der Waals surface area (Å²) >= 11 is 1.21. The molecule has 0 fully saturated rings. The summed E-state index contributed by atoms with van der Waals surface area (Å²) in [6, 6.07) is 5.14. The number of hydrogen-bond acceptors (Lipinski definition) is 6. The van der Waals surface area contributed by atoms with E-state index in [1.54, 1.807) is 23.6 Å². The fourth-order valence-corrected chi connectivity index (χ4v) is 4.92. The van der Waals surface area contributed by atoms with Crippen LogP contribution in [0.25, 0.3) is 10.2 Å². The first kappa shape index (κ1) is 23.7. The molecule has 0 bridgehead atoms. The highest BCUT2D eigenvalue weighted by atomic mass is 32.1. The van der Waals surface area contributed by atoms with Gasteiger partial charge in [-0.2, -0.15) is 0 Å². The number of carbonyl (C=O) groups excluding carboxylic acids is 2. The van der Waals surface area contributed by atoms with Gasteiger partial charge in [-0.25, -0.2) is 4.79 Å². The van der Waals surface area contributed by atoms with Crippen LogP contribution < -0.4 is 21.9 Å². The van der Waals surface area contributed by atoms with Crippen molar-refractivity contribution in [2.24, 2.45) is 0 Å². The van der Waals surface area contributed by atoms with E-state index >= 15 is 0 Å². The molecule has 0 saturated carbocycles. The van der Waals surface area contributed by atoms with E-state index in [9.17, 15) is 19.2 Å². The minimum absolute atomic E-state index is 0.0476. The molecule has 180 valence electrons. The Hall–Kier alpha value is -3.40. The number of nitrogens with one attached hydrogen (secondary N) is 2. The fourth-order valence-electron chi connectivity index (χ4n) is 4.08. The van der Waals surface area contributed by atoms with Crippen LogP contribution in [0.2, 0.25) is 0 Å². The molecule has 2 N–H and O–H groups in total. The fraction of sp³-hybridized carbons (Fsp3) is 0.417. The van der Waals surface area contributed by atoms with Gasteiger partial charge in [0.05, 0.1) is 18.3 Å². The Labute approximate surface area is 200 Å². The molecule has 0 aliphatic heterocycles. The summed E-state index contributed by atoms with van der Waals surface area (Å²) < 4.78 is 7.90. The SMILES string of the molecule is O=C(CCn1c(=O)c2sccc2n(CC(=O)NCCC2=CCCCC2)c1=O)NCc1ccco1. The first-order valence-corrected chi connectivity index (χ1v) is 12.4. The Morgan fingerprint density at radius 1 is 1.09 bits per heavy atom. The van der Waals surface area contributed by atoms with Gasteiger partial charge in [0.25, 0.3) is 5.56 Å². The lowest BCUT2D eigenvalue weighted by Crippen LogP contribution is -2.43. The summed E-state index contributed by atoms with van der Waals surface area (Å²) in [5.74, 6) is 0.0151. The molecular weight excluding hydrogens is 456 g/mol. The monoisotopic (exact) mass is 484 g/mol. The van der Waals surface area contributed by atoms with Crippen molar-refractivity contribution in [3.63, 3.8) is 0 Å². The zero-order chi connectivity index (χ0) is 23.9. The maximum absolute atomic E-state index is 13.1. The van der Waals surface area contributed by atoms with Crippen molar-refractivity contribution in [2.75, 3.05) is 6.54 Å². The number of nitrogens with zero attached hydrogens (tertiary/aromatic N) is 2. The minimum atomic E-state index is -0.597. The Bertz CT molecular complexity index is 1300. The van der Waals surface area contributed by atoms with E-state index in [1.807, 2.05) is 0 Å². The van der Waals surface area contributed by atoms with Crippen LogP contribution in [0.4, 0.5) is 0 Å². The molecule has 4 rings (SSSR count). The lowest BCUT2D eigenvalue weighted by atomic mass is 9.97. The van der Waals surface area contributed by atoms with Crippen LogP contribution in [0.5, 0.6) is 0 Å². The molecule has 9 nitrogen and oxygen atoms in total. The number of allylic oxidation sites excluding steroid dienone is 1. The van der Waals surface area contributed by atoms with Gasteiger partial charge in [-0.3, -0.25) is 23.5 Å². The Kier molecular flexibility index (Phi) is 7.79. The van der Waals surface area contributed by atoms with Crippen LogP contribution in [0.15, 0.2) is 55.5 Å². The number of aromatic nitrogens is 2. The number of furan rings is 1. The highest BCUT2D eigenvalue weighted by Gasteiger charge is 2.17. The molecule has 0 saturated heterocycles. The normalized spacial score (nSPS) is 13.6. The maximum Gasteiger partial charge on any atom is 0.332 e. The third-order valence-corrected chi connectivity index (χ3v) is 6.79. The molecule has 0 unspecified atom stereocenters. The van der Waals surface area contributed by atoms with E-state index in [-0.39, 0.29) is 37.9 Å². The molecule has 1 aliphatic carbocycles. The Balaban J connectivity index is 1.42. The molecule has 2 amide bonds. The van der Waals surface area contributed by atoms with Gasteiger partial charge in [0, 0.05) is 19.5 Å². The highest BCUT2D eigenvalue weighted by Crippen LogP contribution is 2.19. The van der Waals surface area contributed by atoms with Gasteiger partial charge in [-0.1, -0.05) is 11.6 Å². The maximum atomic E-state index is 13.1. The molecule has 3 aromatic heterocycles.